The van der Waals surface area contributed by atoms with Gasteiger partial charge in [0.05, 0.1) is 25.4 Å². The molecule has 0 aromatic carbocycles. The first-order valence-corrected chi connectivity index (χ1v) is 3.65. The molecule has 0 aromatic rings. The van der Waals surface area contributed by atoms with Gasteiger partial charge in [0.2, 0.25) is 0 Å². The average Bonchev–Trinajstić information content (AvgIpc) is 2.04. The van der Waals surface area contributed by atoms with Crippen LogP contribution in [0, 0.1) is 0 Å². The van der Waals surface area contributed by atoms with Gasteiger partial charge in [0.25, 0.3) is 0 Å². The average molecular weight is 165 g/mol. The lowest BCUT2D eigenvalue weighted by Gasteiger charge is -2.10. The van der Waals surface area contributed by atoms with Crippen molar-refractivity contribution in [3.63, 3.8) is 0 Å². The van der Waals surface area contributed by atoms with Crippen LogP contribution in [0.25, 0.3) is 0 Å². The van der Waals surface area contributed by atoms with Gasteiger partial charge in [-0.05, 0) is 20.9 Å². The second-order valence-corrected chi connectivity index (χ2v) is 2.18. The van der Waals surface area contributed by atoms with Crippen molar-refractivity contribution in [1.82, 2.24) is 0 Å². The first-order valence-electron chi connectivity index (χ1n) is 3.65. The van der Waals surface area contributed by atoms with Gasteiger partial charge in [-0.3, -0.25) is 0 Å². The fourth-order valence-electron chi connectivity index (χ4n) is 0.356. The fourth-order valence-corrected chi connectivity index (χ4v) is 0.356. The van der Waals surface area contributed by atoms with E-state index in [9.17, 15) is 0 Å². The van der Waals surface area contributed by atoms with E-state index in [1.807, 2.05) is 0 Å². The number of ether oxygens (including phenoxy) is 1. The van der Waals surface area contributed by atoms with Crippen LogP contribution in [-0.2, 0) is 4.74 Å². The predicted octanol–water partition coefficient (Wildman–Crippen LogP) is -0.660. The van der Waals surface area contributed by atoms with Crippen LogP contribution in [0.4, 0.5) is 0 Å². The molecule has 2 unspecified atom stereocenters. The second-order valence-electron chi connectivity index (χ2n) is 2.18. The summed E-state index contributed by atoms with van der Waals surface area (Å²) in [5, 5.41) is 17.1. The molecule has 0 aromatic heterocycles. The molecule has 2 atom stereocenters. The van der Waals surface area contributed by atoms with Crippen LogP contribution in [0.15, 0.2) is 0 Å². The van der Waals surface area contributed by atoms with Crippen LogP contribution in [0.5, 0.6) is 0 Å². The molecule has 4 heteroatoms. The highest BCUT2D eigenvalue weighted by molar-refractivity contribution is 4.47. The van der Waals surface area contributed by atoms with Gasteiger partial charge < -0.3 is 20.7 Å². The van der Waals surface area contributed by atoms with Gasteiger partial charge >= 0.3 is 0 Å². The Morgan fingerprint density at radius 3 is 2.09 bits per heavy atom. The number of aliphatic hydroxyl groups is 2. The molecular formula is C7H19NO3. The predicted molar refractivity (Wildman–Crippen MR) is 44.3 cm³/mol. The molecule has 11 heavy (non-hydrogen) atoms. The molecule has 0 aliphatic carbocycles. The molecule has 4 nitrogen and oxygen atoms in total. The molecule has 70 valence electrons. The zero-order valence-corrected chi connectivity index (χ0v) is 7.45. The Morgan fingerprint density at radius 2 is 1.82 bits per heavy atom. The lowest BCUT2D eigenvalue weighted by atomic mass is 10.4. The molecular weight excluding hydrogens is 146 g/mol. The quantitative estimate of drug-likeness (QED) is 0.517. The lowest BCUT2D eigenvalue weighted by molar-refractivity contribution is -0.0177. The minimum absolute atomic E-state index is 0.00667. The molecule has 0 radical (unpaired) electrons. The van der Waals surface area contributed by atoms with Crippen LogP contribution < -0.4 is 5.73 Å². The zero-order valence-electron chi connectivity index (χ0n) is 7.45. The summed E-state index contributed by atoms with van der Waals surface area (Å²) < 4.78 is 4.95. The Labute approximate surface area is 68.0 Å². The normalized spacial score (nSPS) is 14.7. The molecule has 0 aliphatic heterocycles. The maximum Gasteiger partial charge on any atom is 0.0779 e. The third-order valence-electron chi connectivity index (χ3n) is 0.879. The highest BCUT2D eigenvalue weighted by atomic mass is 16.5. The van der Waals surface area contributed by atoms with Crippen molar-refractivity contribution in [2.24, 2.45) is 5.73 Å². The molecule has 0 amide bonds. The van der Waals surface area contributed by atoms with Gasteiger partial charge in [0.15, 0.2) is 0 Å². The first-order chi connectivity index (χ1) is 5.16. The molecule has 0 rings (SSSR count). The van der Waals surface area contributed by atoms with E-state index in [0.717, 1.165) is 0 Å². The summed E-state index contributed by atoms with van der Waals surface area (Å²) in [5.41, 5.74) is 4.50. The highest BCUT2D eigenvalue weighted by Gasteiger charge is 2.00. The van der Waals surface area contributed by atoms with E-state index in [4.69, 9.17) is 14.9 Å². The van der Waals surface area contributed by atoms with E-state index >= 15 is 0 Å². The van der Waals surface area contributed by atoms with Crippen molar-refractivity contribution in [3.05, 3.63) is 0 Å². The molecule has 0 fully saturated rings. The van der Waals surface area contributed by atoms with Crippen LogP contribution in [0.3, 0.4) is 0 Å². The van der Waals surface area contributed by atoms with Crippen molar-refractivity contribution in [2.75, 3.05) is 20.3 Å². The van der Waals surface area contributed by atoms with Crippen LogP contribution in [0.1, 0.15) is 13.8 Å². The van der Waals surface area contributed by atoms with Gasteiger partial charge in [0, 0.05) is 0 Å². The second kappa shape index (κ2) is 9.84. The third kappa shape index (κ3) is 12.9. The van der Waals surface area contributed by atoms with Gasteiger partial charge in [0.1, 0.15) is 0 Å². The Hall–Kier alpha value is -0.160. The molecule has 0 saturated heterocycles. The van der Waals surface area contributed by atoms with Crippen molar-refractivity contribution in [3.8, 4) is 0 Å². The number of nitrogens with two attached hydrogens (primary N) is 1. The fraction of sp³-hybridized carbons (Fsp3) is 1.00. The van der Waals surface area contributed by atoms with E-state index in [1.165, 1.54) is 7.05 Å². The monoisotopic (exact) mass is 165 g/mol. The van der Waals surface area contributed by atoms with E-state index in [2.05, 4.69) is 5.73 Å². The lowest BCUT2D eigenvalue weighted by Crippen LogP contribution is -2.19. The first kappa shape index (κ1) is 13.4. The van der Waals surface area contributed by atoms with Crippen molar-refractivity contribution in [2.45, 2.75) is 26.1 Å². The van der Waals surface area contributed by atoms with Gasteiger partial charge in [-0.1, -0.05) is 0 Å². The summed E-state index contributed by atoms with van der Waals surface area (Å²) >= 11 is 0. The Morgan fingerprint density at radius 1 is 1.36 bits per heavy atom. The zero-order chi connectivity index (χ0) is 9.28. The topological polar surface area (TPSA) is 75.7 Å². The molecule has 4 N–H and O–H groups in total. The minimum atomic E-state index is -0.445. The number of hydrogen-bond donors (Lipinski definition) is 3. The van der Waals surface area contributed by atoms with E-state index in [1.54, 1.807) is 13.8 Å². The van der Waals surface area contributed by atoms with E-state index in [0.29, 0.717) is 6.61 Å². The van der Waals surface area contributed by atoms with Crippen LogP contribution in [-0.4, -0.2) is 42.7 Å². The van der Waals surface area contributed by atoms with Gasteiger partial charge in [-0.15, -0.1) is 0 Å². The molecule has 0 spiro atoms. The Kier molecular flexibility index (Phi) is 12.0. The summed E-state index contributed by atoms with van der Waals surface area (Å²) in [6, 6.07) is 0. The number of hydrogen-bond acceptors (Lipinski definition) is 4. The van der Waals surface area contributed by atoms with Gasteiger partial charge in [-0.2, -0.15) is 0 Å². The SMILES string of the molecule is CC(O)COC(C)CO.CN. The van der Waals surface area contributed by atoms with Crippen LogP contribution >= 0.6 is 0 Å². The largest absolute Gasteiger partial charge is 0.394 e. The molecule has 0 heterocycles. The highest BCUT2D eigenvalue weighted by Crippen LogP contribution is 1.90. The molecule has 0 bridgehead atoms. The Balaban J connectivity index is 0. The third-order valence-corrected chi connectivity index (χ3v) is 0.879. The maximum absolute atomic E-state index is 8.69. The van der Waals surface area contributed by atoms with Crippen molar-refractivity contribution >= 4 is 0 Å². The number of aliphatic hydroxyl groups excluding tert-OH is 2. The summed E-state index contributed by atoms with van der Waals surface area (Å²) in [7, 11) is 1.50. The standard InChI is InChI=1S/C6H14O3.CH5N/c1-5(8)4-9-6(2)3-7;1-2/h5-8H,3-4H2,1-2H3;2H2,1H3. The maximum atomic E-state index is 8.69. The Bertz CT molecular complexity index is 68.7. The minimum Gasteiger partial charge on any atom is -0.394 e. The number of rotatable bonds is 4. The smallest absolute Gasteiger partial charge is 0.0779 e. The van der Waals surface area contributed by atoms with E-state index in [-0.39, 0.29) is 12.7 Å². The summed E-state index contributed by atoms with van der Waals surface area (Å²) in [6.45, 7) is 3.70. The van der Waals surface area contributed by atoms with Crippen LogP contribution in [0.2, 0.25) is 0 Å². The molecule has 0 saturated carbocycles. The van der Waals surface area contributed by atoms with Gasteiger partial charge in [-0.25, -0.2) is 0 Å². The van der Waals surface area contributed by atoms with E-state index < -0.39 is 6.10 Å². The van der Waals surface area contributed by atoms with Crippen molar-refractivity contribution < 1.29 is 14.9 Å². The summed E-state index contributed by atoms with van der Waals surface area (Å²) in [5.74, 6) is 0. The van der Waals surface area contributed by atoms with Crippen molar-refractivity contribution in [1.29, 1.82) is 0 Å². The summed E-state index contributed by atoms with van der Waals surface area (Å²) in [4.78, 5) is 0. The molecule has 0 aliphatic rings. The summed E-state index contributed by atoms with van der Waals surface area (Å²) in [6.07, 6.45) is -0.612.